The van der Waals surface area contributed by atoms with E-state index in [1.54, 1.807) is 46.3 Å². The van der Waals surface area contributed by atoms with Crippen molar-refractivity contribution in [3.8, 4) is 23.0 Å². The molecular weight excluding hydrogens is 592 g/mol. The van der Waals surface area contributed by atoms with Gasteiger partial charge in [-0.3, -0.25) is 9.36 Å². The average Bonchev–Trinajstić information content (AvgIpc) is 3.33. The molecule has 3 aromatic carbocycles. The zero-order valence-corrected chi connectivity index (χ0v) is 27.0. The minimum atomic E-state index is -0.842. The second-order valence-corrected chi connectivity index (χ2v) is 11.3. The summed E-state index contributed by atoms with van der Waals surface area (Å²) in [6.07, 6.45) is 1.78. The van der Waals surface area contributed by atoms with Crippen molar-refractivity contribution in [1.29, 1.82) is 0 Å². The third kappa shape index (κ3) is 6.51. The molecule has 1 aliphatic heterocycles. The fourth-order valence-electron chi connectivity index (χ4n) is 5.30. The maximum Gasteiger partial charge on any atom is 0.338 e. The van der Waals surface area contributed by atoms with E-state index in [1.807, 2.05) is 56.3 Å². The minimum Gasteiger partial charge on any atom is -0.493 e. The number of thiazole rings is 1. The second kappa shape index (κ2) is 13.9. The van der Waals surface area contributed by atoms with E-state index in [2.05, 4.69) is 11.1 Å². The number of hydrogen-bond acceptors (Lipinski definition) is 9. The fourth-order valence-corrected chi connectivity index (χ4v) is 6.35. The lowest BCUT2D eigenvalue weighted by atomic mass is 9.94. The van der Waals surface area contributed by atoms with E-state index in [1.165, 1.54) is 15.9 Å². The van der Waals surface area contributed by atoms with Crippen LogP contribution < -0.4 is 33.8 Å². The van der Waals surface area contributed by atoms with Gasteiger partial charge in [0.1, 0.15) is 12.6 Å². The van der Waals surface area contributed by atoms with Gasteiger partial charge in [0.25, 0.3) is 5.56 Å². The molecular formula is C35H36N2O7S. The Hall–Kier alpha value is -4.83. The monoisotopic (exact) mass is 628 g/mol. The molecule has 0 fully saturated rings. The number of fused-ring (bicyclic) bond motifs is 1. The molecule has 45 heavy (non-hydrogen) atoms. The molecule has 4 aromatic rings. The van der Waals surface area contributed by atoms with Gasteiger partial charge in [-0.1, -0.05) is 59.4 Å². The summed E-state index contributed by atoms with van der Waals surface area (Å²) in [4.78, 5) is 32.6. The van der Waals surface area contributed by atoms with Crippen LogP contribution in [0.1, 0.15) is 49.1 Å². The van der Waals surface area contributed by atoms with Crippen molar-refractivity contribution in [1.82, 2.24) is 4.57 Å². The number of aryl methyl sites for hydroxylation is 1. The Morgan fingerprint density at radius 3 is 2.42 bits per heavy atom. The molecule has 5 rings (SSSR count). The summed E-state index contributed by atoms with van der Waals surface area (Å²) in [7, 11) is 3.13. The third-order valence-electron chi connectivity index (χ3n) is 7.29. The van der Waals surface area contributed by atoms with Crippen LogP contribution in [0.2, 0.25) is 0 Å². The Morgan fingerprint density at radius 2 is 1.71 bits per heavy atom. The third-order valence-corrected chi connectivity index (χ3v) is 8.27. The van der Waals surface area contributed by atoms with Crippen LogP contribution in [0.4, 0.5) is 0 Å². The van der Waals surface area contributed by atoms with Gasteiger partial charge in [-0.2, -0.15) is 0 Å². The summed E-state index contributed by atoms with van der Waals surface area (Å²) < 4.78 is 30.7. The number of methoxy groups -OCH3 is 2. The number of allylic oxidation sites excluding steroid dienone is 1. The Bertz CT molecular complexity index is 1940. The quantitative estimate of drug-likeness (QED) is 0.213. The zero-order chi connectivity index (χ0) is 32.1. The molecule has 0 aliphatic carbocycles. The molecule has 234 valence electrons. The van der Waals surface area contributed by atoms with Gasteiger partial charge < -0.3 is 23.7 Å². The predicted octanol–water partition coefficient (Wildman–Crippen LogP) is 5.10. The number of carbonyl (C=O) groups excluding carboxylic acids is 1. The van der Waals surface area contributed by atoms with Crippen LogP contribution in [0.3, 0.4) is 0 Å². The second-order valence-electron chi connectivity index (χ2n) is 10.3. The maximum atomic E-state index is 14.1. The number of hydrogen-bond donors (Lipinski definition) is 0. The first-order valence-electron chi connectivity index (χ1n) is 14.6. The van der Waals surface area contributed by atoms with Crippen molar-refractivity contribution in [2.45, 2.75) is 40.3 Å². The van der Waals surface area contributed by atoms with E-state index in [4.69, 9.17) is 23.7 Å². The van der Waals surface area contributed by atoms with Crippen LogP contribution in [0.15, 0.2) is 81.7 Å². The fraction of sp³-hybridized carbons (Fsp3) is 0.286. The highest BCUT2D eigenvalue weighted by Gasteiger charge is 2.36. The van der Waals surface area contributed by atoms with Gasteiger partial charge in [-0.25, -0.2) is 9.79 Å². The SMILES string of the molecule is CCOC(=O)C1=C(C)N=c2sc(=Cc3ccc(OCc4cccc(C)c4)c(OC)c3)c(=O)n2[C@@H]1c1cccc(OC)c1OCC. The summed E-state index contributed by atoms with van der Waals surface area (Å²) in [6.45, 7) is 8.32. The van der Waals surface area contributed by atoms with Crippen molar-refractivity contribution in [3.63, 3.8) is 0 Å². The van der Waals surface area contributed by atoms with Gasteiger partial charge in [-0.05, 0) is 63.1 Å². The molecule has 0 saturated heterocycles. The van der Waals surface area contributed by atoms with Crippen LogP contribution in [0.25, 0.3) is 6.08 Å². The first-order chi connectivity index (χ1) is 21.8. The topological polar surface area (TPSA) is 97.6 Å². The van der Waals surface area contributed by atoms with E-state index in [0.717, 1.165) is 16.7 Å². The van der Waals surface area contributed by atoms with Crippen molar-refractivity contribution >= 4 is 23.4 Å². The lowest BCUT2D eigenvalue weighted by molar-refractivity contribution is -0.139. The zero-order valence-electron chi connectivity index (χ0n) is 26.2. The van der Waals surface area contributed by atoms with Crippen molar-refractivity contribution in [2.75, 3.05) is 27.4 Å². The molecule has 0 bridgehead atoms. The van der Waals surface area contributed by atoms with Gasteiger partial charge in [-0.15, -0.1) is 0 Å². The van der Waals surface area contributed by atoms with Crippen LogP contribution in [-0.4, -0.2) is 38.0 Å². The van der Waals surface area contributed by atoms with Crippen LogP contribution in [0.5, 0.6) is 23.0 Å². The van der Waals surface area contributed by atoms with Gasteiger partial charge in [0.15, 0.2) is 27.8 Å². The molecule has 0 spiro atoms. The summed E-state index contributed by atoms with van der Waals surface area (Å²) in [5.74, 6) is 1.53. The minimum absolute atomic E-state index is 0.176. The number of aromatic nitrogens is 1. The highest BCUT2D eigenvalue weighted by molar-refractivity contribution is 7.07. The number of esters is 1. The molecule has 1 atom stereocenters. The number of rotatable bonds is 11. The molecule has 0 saturated carbocycles. The molecule has 1 aromatic heterocycles. The van der Waals surface area contributed by atoms with Gasteiger partial charge >= 0.3 is 5.97 Å². The van der Waals surface area contributed by atoms with E-state index >= 15 is 0 Å². The van der Waals surface area contributed by atoms with E-state index < -0.39 is 12.0 Å². The van der Waals surface area contributed by atoms with Crippen molar-refractivity contribution in [2.24, 2.45) is 4.99 Å². The van der Waals surface area contributed by atoms with E-state index in [9.17, 15) is 9.59 Å². The highest BCUT2D eigenvalue weighted by atomic mass is 32.1. The smallest absolute Gasteiger partial charge is 0.338 e. The van der Waals surface area contributed by atoms with E-state index in [-0.39, 0.29) is 17.7 Å². The largest absolute Gasteiger partial charge is 0.493 e. The standard InChI is InChI=1S/C35H36N2O7S/c1-7-42-32-25(13-10-14-27(32)40-5)31-30(34(39)43-8-2)22(4)36-35-37(31)33(38)29(45-35)19-23-15-16-26(28(18-23)41-6)44-20-24-12-9-11-21(3)17-24/h9-19,31H,7-8,20H2,1-6H3/t31-/m1/s1. The maximum absolute atomic E-state index is 14.1. The van der Waals surface area contributed by atoms with Gasteiger partial charge in [0.05, 0.1) is 43.2 Å². The summed E-state index contributed by atoms with van der Waals surface area (Å²) in [5, 5.41) is 0. The Balaban J connectivity index is 1.60. The van der Waals surface area contributed by atoms with E-state index in [0.29, 0.717) is 56.8 Å². The number of benzene rings is 3. The normalized spacial score (nSPS) is 14.4. The van der Waals surface area contributed by atoms with Crippen molar-refractivity contribution in [3.05, 3.63) is 114 Å². The predicted molar refractivity (Wildman–Crippen MR) is 173 cm³/mol. The Morgan fingerprint density at radius 1 is 0.933 bits per heavy atom. The molecule has 2 heterocycles. The van der Waals surface area contributed by atoms with Crippen LogP contribution >= 0.6 is 11.3 Å². The first kappa shape index (κ1) is 31.6. The lowest BCUT2D eigenvalue weighted by Gasteiger charge is -2.26. The summed E-state index contributed by atoms with van der Waals surface area (Å²) in [6, 6.07) is 18.2. The highest BCUT2D eigenvalue weighted by Crippen LogP contribution is 2.40. The number of carbonyl (C=O) groups is 1. The number of nitrogens with zero attached hydrogens (tertiary/aromatic N) is 2. The summed E-state index contributed by atoms with van der Waals surface area (Å²) in [5.41, 5.74) is 3.98. The van der Waals surface area contributed by atoms with Crippen LogP contribution in [-0.2, 0) is 16.1 Å². The van der Waals surface area contributed by atoms with Gasteiger partial charge in [0.2, 0.25) is 0 Å². The molecule has 0 radical (unpaired) electrons. The molecule has 9 nitrogen and oxygen atoms in total. The number of ether oxygens (including phenoxy) is 5. The average molecular weight is 629 g/mol. The molecule has 0 unspecified atom stereocenters. The molecule has 1 aliphatic rings. The summed E-state index contributed by atoms with van der Waals surface area (Å²) >= 11 is 1.24. The number of para-hydroxylation sites is 1. The lowest BCUT2D eigenvalue weighted by Crippen LogP contribution is -2.40. The molecule has 0 N–H and O–H groups in total. The van der Waals surface area contributed by atoms with Crippen LogP contribution in [0, 0.1) is 6.92 Å². The van der Waals surface area contributed by atoms with Crippen molar-refractivity contribution < 1.29 is 28.5 Å². The van der Waals surface area contributed by atoms with Gasteiger partial charge in [0, 0.05) is 5.56 Å². The Kier molecular flexibility index (Phi) is 9.73. The Labute approximate surface area is 265 Å². The first-order valence-corrected chi connectivity index (χ1v) is 15.5. The molecule has 10 heteroatoms. The molecule has 0 amide bonds.